The first-order chi connectivity index (χ1) is 14.3. The van der Waals surface area contributed by atoms with Gasteiger partial charge in [0, 0.05) is 29.9 Å². The minimum atomic E-state index is -0.414. The quantitative estimate of drug-likeness (QED) is 0.548. The minimum absolute atomic E-state index is 0.0397. The van der Waals surface area contributed by atoms with Gasteiger partial charge in [-0.05, 0) is 39.3 Å². The number of nitrogens with zero attached hydrogens (tertiary/aromatic N) is 4. The Bertz CT molecular complexity index is 999. The van der Waals surface area contributed by atoms with Crippen LogP contribution in [0.15, 0.2) is 24.3 Å². The first-order valence-electron chi connectivity index (χ1n) is 10.2. The molecule has 1 heterocycles. The summed E-state index contributed by atoms with van der Waals surface area (Å²) < 4.78 is 2.11. The van der Waals surface area contributed by atoms with Crippen molar-refractivity contribution in [3.05, 3.63) is 56.8 Å². The maximum atomic E-state index is 12.8. The maximum absolute atomic E-state index is 12.8. The number of carbonyl (C=O) groups excluding carboxylic acids is 1. The molecule has 1 fully saturated rings. The zero-order chi connectivity index (χ0) is 21.8. The fraction of sp³-hybridized carbons (Fsp3) is 0.455. The summed E-state index contributed by atoms with van der Waals surface area (Å²) in [6.45, 7) is 4.24. The molecule has 1 aliphatic carbocycles. The smallest absolute Gasteiger partial charge is 0.273 e. The lowest BCUT2D eigenvalue weighted by Gasteiger charge is -2.21. The number of para-hydroxylation sites is 1. The van der Waals surface area contributed by atoms with E-state index in [-0.39, 0.29) is 24.7 Å². The van der Waals surface area contributed by atoms with E-state index in [9.17, 15) is 20.2 Å². The first kappa shape index (κ1) is 21.5. The Morgan fingerprint density at radius 1 is 1.33 bits per heavy atom. The van der Waals surface area contributed by atoms with Crippen molar-refractivity contribution in [1.29, 1.82) is 5.26 Å². The lowest BCUT2D eigenvalue weighted by Crippen LogP contribution is -2.31. The molecule has 0 radical (unpaired) electrons. The predicted octanol–water partition coefficient (Wildman–Crippen LogP) is 4.07. The summed E-state index contributed by atoms with van der Waals surface area (Å²) in [7, 11) is 1.74. The number of anilines is 1. The summed E-state index contributed by atoms with van der Waals surface area (Å²) in [4.78, 5) is 25.3. The van der Waals surface area contributed by atoms with E-state index in [1.165, 1.54) is 6.07 Å². The van der Waals surface area contributed by atoms with Crippen molar-refractivity contribution in [2.45, 2.75) is 52.1 Å². The van der Waals surface area contributed by atoms with Gasteiger partial charge in [-0.1, -0.05) is 31.0 Å². The number of benzene rings is 1. The van der Waals surface area contributed by atoms with E-state index in [0.29, 0.717) is 23.0 Å². The highest BCUT2D eigenvalue weighted by molar-refractivity contribution is 5.93. The molecule has 1 aromatic carbocycles. The third-order valence-electron chi connectivity index (χ3n) is 5.86. The van der Waals surface area contributed by atoms with E-state index in [4.69, 9.17) is 0 Å². The number of carbonyl (C=O) groups is 1. The van der Waals surface area contributed by atoms with Gasteiger partial charge in [-0.2, -0.15) is 5.26 Å². The Hall–Kier alpha value is -3.18. The maximum Gasteiger partial charge on any atom is 0.273 e. The molecule has 0 bridgehead atoms. The number of nitro benzene ring substituents is 1. The van der Waals surface area contributed by atoms with Crippen LogP contribution in [0.25, 0.3) is 0 Å². The third-order valence-corrected chi connectivity index (χ3v) is 5.86. The second kappa shape index (κ2) is 9.09. The number of nitrogens with one attached hydrogen (secondary N) is 1. The molecule has 1 N–H and O–H groups in total. The van der Waals surface area contributed by atoms with Gasteiger partial charge < -0.3 is 9.88 Å². The zero-order valence-corrected chi connectivity index (χ0v) is 17.6. The first-order valence-corrected chi connectivity index (χ1v) is 10.2. The summed E-state index contributed by atoms with van der Waals surface area (Å²) >= 11 is 0. The fourth-order valence-electron chi connectivity index (χ4n) is 4.29. The molecule has 0 spiro atoms. The Morgan fingerprint density at radius 3 is 2.63 bits per heavy atom. The Kier molecular flexibility index (Phi) is 6.53. The van der Waals surface area contributed by atoms with Crippen molar-refractivity contribution >= 4 is 17.4 Å². The van der Waals surface area contributed by atoms with Crippen LogP contribution in [0.5, 0.6) is 0 Å². The molecule has 0 aliphatic heterocycles. The summed E-state index contributed by atoms with van der Waals surface area (Å²) in [5.74, 6) is 0.327. The molecular formula is C22H27N5O3. The number of rotatable bonds is 7. The van der Waals surface area contributed by atoms with Gasteiger partial charge in [-0.15, -0.1) is 0 Å². The standard InChI is InChI=1S/C22H27N5O3/c1-15-16(2)26(18-9-5-6-10-18)22(19(15)12-23)24-21(28)14-25(3)13-17-8-4-7-11-20(17)27(29)30/h4,7-8,11,18H,5-6,9-10,13-14H2,1-3H3,(H,24,28). The van der Waals surface area contributed by atoms with Crippen LogP contribution in [-0.4, -0.2) is 33.9 Å². The number of hydrogen-bond donors (Lipinski definition) is 1. The highest BCUT2D eigenvalue weighted by Crippen LogP contribution is 2.37. The van der Waals surface area contributed by atoms with Gasteiger partial charge in [0.25, 0.3) is 5.69 Å². The third kappa shape index (κ3) is 4.36. The van der Waals surface area contributed by atoms with E-state index in [1.807, 2.05) is 13.8 Å². The molecule has 1 saturated carbocycles. The number of likely N-dealkylation sites (N-methyl/N-ethyl adjacent to an activating group) is 1. The van der Waals surface area contributed by atoms with Crippen LogP contribution in [0.1, 0.15) is 54.1 Å². The van der Waals surface area contributed by atoms with Crippen molar-refractivity contribution in [2.24, 2.45) is 0 Å². The van der Waals surface area contributed by atoms with Gasteiger partial charge in [0.2, 0.25) is 5.91 Å². The molecule has 0 unspecified atom stereocenters. The van der Waals surface area contributed by atoms with Gasteiger partial charge in [0.05, 0.1) is 17.0 Å². The van der Waals surface area contributed by atoms with Crippen LogP contribution in [-0.2, 0) is 11.3 Å². The molecule has 2 aromatic rings. The Labute approximate surface area is 176 Å². The molecule has 30 heavy (non-hydrogen) atoms. The average Bonchev–Trinajstić information content (AvgIpc) is 3.29. The monoisotopic (exact) mass is 409 g/mol. The number of nitro groups is 1. The van der Waals surface area contributed by atoms with Crippen LogP contribution in [0.4, 0.5) is 11.5 Å². The topological polar surface area (TPSA) is 104 Å². The van der Waals surface area contributed by atoms with Gasteiger partial charge in [-0.25, -0.2) is 0 Å². The van der Waals surface area contributed by atoms with Crippen molar-refractivity contribution in [1.82, 2.24) is 9.47 Å². The van der Waals surface area contributed by atoms with E-state index in [0.717, 1.165) is 36.9 Å². The van der Waals surface area contributed by atoms with Crippen molar-refractivity contribution in [3.63, 3.8) is 0 Å². The van der Waals surface area contributed by atoms with E-state index in [2.05, 4.69) is 16.0 Å². The van der Waals surface area contributed by atoms with Crippen molar-refractivity contribution in [2.75, 3.05) is 18.9 Å². The zero-order valence-electron chi connectivity index (χ0n) is 17.6. The fourth-order valence-corrected chi connectivity index (χ4v) is 4.29. The van der Waals surface area contributed by atoms with Crippen LogP contribution >= 0.6 is 0 Å². The van der Waals surface area contributed by atoms with Crippen molar-refractivity contribution < 1.29 is 9.72 Å². The molecule has 0 saturated heterocycles. The number of aromatic nitrogens is 1. The van der Waals surface area contributed by atoms with E-state index in [1.54, 1.807) is 30.1 Å². The Morgan fingerprint density at radius 2 is 2.00 bits per heavy atom. The number of amides is 1. The molecule has 1 amide bonds. The van der Waals surface area contributed by atoms with Crippen LogP contribution < -0.4 is 5.32 Å². The van der Waals surface area contributed by atoms with Crippen LogP contribution in [0.3, 0.4) is 0 Å². The number of hydrogen-bond acceptors (Lipinski definition) is 5. The second-order valence-corrected chi connectivity index (χ2v) is 7.96. The highest BCUT2D eigenvalue weighted by atomic mass is 16.6. The molecule has 158 valence electrons. The summed E-state index contributed by atoms with van der Waals surface area (Å²) in [6, 6.07) is 9.06. The highest BCUT2D eigenvalue weighted by Gasteiger charge is 2.27. The second-order valence-electron chi connectivity index (χ2n) is 7.96. The Balaban J connectivity index is 1.76. The molecule has 3 rings (SSSR count). The lowest BCUT2D eigenvalue weighted by atomic mass is 10.1. The molecule has 1 aliphatic rings. The van der Waals surface area contributed by atoms with Crippen LogP contribution in [0.2, 0.25) is 0 Å². The number of nitriles is 1. The largest absolute Gasteiger partial charge is 0.327 e. The van der Waals surface area contributed by atoms with Crippen molar-refractivity contribution in [3.8, 4) is 6.07 Å². The molecule has 8 nitrogen and oxygen atoms in total. The molecule has 1 aromatic heterocycles. The summed E-state index contributed by atoms with van der Waals surface area (Å²) in [5, 5.41) is 23.8. The molecular weight excluding hydrogens is 382 g/mol. The average molecular weight is 409 g/mol. The summed E-state index contributed by atoms with van der Waals surface area (Å²) in [5.41, 5.74) is 3.01. The van der Waals surface area contributed by atoms with Crippen LogP contribution in [0, 0.1) is 35.3 Å². The SMILES string of the molecule is Cc1c(C#N)c(NC(=O)CN(C)Cc2ccccc2[N+](=O)[O-])n(C2CCCC2)c1C. The normalized spacial score (nSPS) is 14.1. The van der Waals surface area contributed by atoms with Gasteiger partial charge in [-0.3, -0.25) is 19.8 Å². The summed E-state index contributed by atoms with van der Waals surface area (Å²) in [6.07, 6.45) is 4.38. The van der Waals surface area contributed by atoms with E-state index < -0.39 is 4.92 Å². The van der Waals surface area contributed by atoms with Gasteiger partial charge in [0.1, 0.15) is 11.9 Å². The van der Waals surface area contributed by atoms with Gasteiger partial charge >= 0.3 is 0 Å². The lowest BCUT2D eigenvalue weighted by molar-refractivity contribution is -0.385. The molecule has 0 atom stereocenters. The van der Waals surface area contributed by atoms with E-state index >= 15 is 0 Å². The van der Waals surface area contributed by atoms with Gasteiger partial charge in [0.15, 0.2) is 0 Å². The predicted molar refractivity (Wildman–Crippen MR) is 114 cm³/mol. The minimum Gasteiger partial charge on any atom is -0.327 e. The molecule has 8 heteroatoms.